The molecule has 6 heteroatoms. The summed E-state index contributed by atoms with van der Waals surface area (Å²) >= 11 is 0. The van der Waals surface area contributed by atoms with E-state index in [0.717, 1.165) is 38.6 Å². The number of amides is 1. The topological polar surface area (TPSA) is 67.9 Å². The van der Waals surface area contributed by atoms with E-state index in [1.165, 1.54) is 12.0 Å². The zero-order valence-corrected chi connectivity index (χ0v) is 20.6. The highest BCUT2D eigenvalue weighted by molar-refractivity contribution is 5.73. The fourth-order valence-electron chi connectivity index (χ4n) is 5.11. The molecular formula is C26H42N2O4. The lowest BCUT2D eigenvalue weighted by Crippen LogP contribution is -2.41. The Morgan fingerprint density at radius 1 is 1.16 bits per heavy atom. The summed E-state index contributed by atoms with van der Waals surface area (Å²) in [5.74, 6) is 1.28. The molecule has 0 aromatic heterocycles. The Kier molecular flexibility index (Phi) is 10.5. The molecule has 0 saturated heterocycles. The largest absolute Gasteiger partial charge is 0.450 e. The summed E-state index contributed by atoms with van der Waals surface area (Å²) in [6, 6.07) is 7.98. The van der Waals surface area contributed by atoms with Crippen molar-refractivity contribution in [3.8, 4) is 5.75 Å². The predicted molar refractivity (Wildman–Crippen MR) is 128 cm³/mol. The van der Waals surface area contributed by atoms with Crippen LogP contribution in [0.5, 0.6) is 5.75 Å². The number of carbonyl (C=O) groups excluding carboxylic acids is 2. The van der Waals surface area contributed by atoms with Crippen molar-refractivity contribution in [3.05, 3.63) is 29.8 Å². The van der Waals surface area contributed by atoms with Gasteiger partial charge in [0.25, 0.3) is 0 Å². The van der Waals surface area contributed by atoms with Crippen molar-refractivity contribution < 1.29 is 19.1 Å². The molecule has 1 aromatic rings. The Morgan fingerprint density at radius 2 is 1.88 bits per heavy atom. The lowest BCUT2D eigenvalue weighted by Gasteiger charge is -2.36. The number of nitrogens with one attached hydrogen (secondary N) is 1. The molecule has 0 bridgehead atoms. The van der Waals surface area contributed by atoms with Crippen molar-refractivity contribution >= 4 is 12.1 Å². The van der Waals surface area contributed by atoms with Crippen LogP contribution in [0.15, 0.2) is 24.3 Å². The maximum Gasteiger partial charge on any atom is 0.407 e. The summed E-state index contributed by atoms with van der Waals surface area (Å²) in [5.41, 5.74) is 0.954. The highest BCUT2D eigenvalue weighted by Gasteiger charge is 2.35. The van der Waals surface area contributed by atoms with E-state index < -0.39 is 6.09 Å². The fourth-order valence-corrected chi connectivity index (χ4v) is 5.11. The van der Waals surface area contributed by atoms with Crippen LogP contribution in [0, 0.1) is 11.3 Å². The zero-order valence-electron chi connectivity index (χ0n) is 20.6. The van der Waals surface area contributed by atoms with Gasteiger partial charge in [-0.15, -0.1) is 0 Å². The number of hydrogen-bond acceptors (Lipinski definition) is 5. The Bertz CT molecular complexity index is 728. The van der Waals surface area contributed by atoms with Crippen molar-refractivity contribution in [2.75, 3.05) is 33.8 Å². The Hall–Kier alpha value is -2.08. The molecule has 1 amide bonds. The maximum atomic E-state index is 12.9. The van der Waals surface area contributed by atoms with Crippen LogP contribution in [0.4, 0.5) is 4.79 Å². The molecule has 1 N–H and O–H groups in total. The van der Waals surface area contributed by atoms with Crippen LogP contribution in [0.3, 0.4) is 0 Å². The van der Waals surface area contributed by atoms with Crippen molar-refractivity contribution in [2.45, 2.75) is 71.6 Å². The molecule has 0 aliphatic heterocycles. The first-order valence-corrected chi connectivity index (χ1v) is 12.1. The lowest BCUT2D eigenvalue weighted by molar-refractivity contribution is -0.137. The molecule has 2 rings (SSSR count). The Balaban J connectivity index is 2.05. The van der Waals surface area contributed by atoms with Crippen molar-refractivity contribution in [1.82, 2.24) is 10.2 Å². The molecule has 0 heterocycles. The van der Waals surface area contributed by atoms with Gasteiger partial charge in [-0.2, -0.15) is 0 Å². The number of rotatable bonds is 11. The number of alkyl carbamates (subject to hydrolysis) is 1. The van der Waals surface area contributed by atoms with Gasteiger partial charge in [-0.1, -0.05) is 45.2 Å². The molecule has 1 saturated carbocycles. The third-order valence-corrected chi connectivity index (χ3v) is 6.61. The SMILES string of the molecule is CCOC(=O)NCC1(CC(=O)Oc2cccc([C@@H](CC)[C@@H](C)CN(C)C)c2)CCCCC1. The monoisotopic (exact) mass is 446 g/mol. The number of benzene rings is 1. The minimum atomic E-state index is -0.420. The van der Waals surface area contributed by atoms with Gasteiger partial charge < -0.3 is 19.7 Å². The standard InChI is InChI=1S/C26H42N2O4/c1-6-23(20(3)18-28(4)5)21-12-11-13-22(16-21)32-24(29)17-26(14-9-8-10-15-26)19-27-25(30)31-7-2/h11-13,16,20,23H,6-10,14-15,17-19H2,1-5H3,(H,27,30)/t20-,23-/m0/s1. The average molecular weight is 447 g/mol. The highest BCUT2D eigenvalue weighted by atomic mass is 16.5. The summed E-state index contributed by atoms with van der Waals surface area (Å²) in [6.45, 7) is 8.06. The van der Waals surface area contributed by atoms with Gasteiger partial charge in [0.1, 0.15) is 5.75 Å². The molecule has 0 unspecified atom stereocenters. The van der Waals surface area contributed by atoms with E-state index in [4.69, 9.17) is 9.47 Å². The van der Waals surface area contributed by atoms with Crippen molar-refractivity contribution in [3.63, 3.8) is 0 Å². The summed E-state index contributed by atoms with van der Waals surface area (Å²) in [7, 11) is 4.19. The number of ether oxygens (including phenoxy) is 2. The molecule has 32 heavy (non-hydrogen) atoms. The summed E-state index contributed by atoms with van der Waals surface area (Å²) in [4.78, 5) is 26.9. The Labute approximate surface area is 194 Å². The normalized spacial score (nSPS) is 17.4. The number of nitrogens with zero attached hydrogens (tertiary/aromatic N) is 1. The number of esters is 1. The van der Waals surface area contributed by atoms with Crippen LogP contribution in [-0.2, 0) is 9.53 Å². The molecule has 6 nitrogen and oxygen atoms in total. The fraction of sp³-hybridized carbons (Fsp3) is 0.692. The predicted octanol–water partition coefficient (Wildman–Crippen LogP) is 5.37. The van der Waals surface area contributed by atoms with E-state index in [-0.39, 0.29) is 11.4 Å². The van der Waals surface area contributed by atoms with Gasteiger partial charge in [-0.25, -0.2) is 4.79 Å². The van der Waals surface area contributed by atoms with Gasteiger partial charge in [0.2, 0.25) is 0 Å². The highest BCUT2D eigenvalue weighted by Crippen LogP contribution is 2.39. The van der Waals surface area contributed by atoms with Gasteiger partial charge in [0.15, 0.2) is 0 Å². The summed E-state index contributed by atoms with van der Waals surface area (Å²) in [6.07, 6.45) is 6.04. The molecule has 0 spiro atoms. The zero-order chi connectivity index (χ0) is 23.6. The smallest absolute Gasteiger partial charge is 0.407 e. The van der Waals surface area contributed by atoms with Crippen LogP contribution in [-0.4, -0.2) is 50.8 Å². The quantitative estimate of drug-likeness (QED) is 0.366. The Morgan fingerprint density at radius 3 is 2.50 bits per heavy atom. The minimum Gasteiger partial charge on any atom is -0.450 e. The van der Waals surface area contributed by atoms with Crippen LogP contribution in [0.25, 0.3) is 0 Å². The van der Waals surface area contributed by atoms with Gasteiger partial charge in [0, 0.05) is 13.1 Å². The second-order valence-electron chi connectivity index (χ2n) is 9.61. The van der Waals surface area contributed by atoms with Crippen molar-refractivity contribution in [1.29, 1.82) is 0 Å². The molecular weight excluding hydrogens is 404 g/mol. The van der Waals surface area contributed by atoms with Crippen LogP contribution in [0.2, 0.25) is 0 Å². The van der Waals surface area contributed by atoms with Crippen LogP contribution < -0.4 is 10.1 Å². The molecule has 1 aliphatic carbocycles. The molecule has 1 aromatic carbocycles. The van der Waals surface area contributed by atoms with E-state index in [1.54, 1.807) is 6.92 Å². The van der Waals surface area contributed by atoms with E-state index in [9.17, 15) is 9.59 Å². The number of carbonyl (C=O) groups is 2. The van der Waals surface area contributed by atoms with Gasteiger partial charge in [-0.05, 0) is 75.2 Å². The van der Waals surface area contributed by atoms with Crippen LogP contribution in [0.1, 0.15) is 77.2 Å². The average Bonchev–Trinajstić information content (AvgIpc) is 2.73. The maximum absolute atomic E-state index is 12.9. The molecule has 1 aliphatic rings. The van der Waals surface area contributed by atoms with E-state index in [1.807, 2.05) is 18.2 Å². The van der Waals surface area contributed by atoms with E-state index in [0.29, 0.717) is 37.2 Å². The third kappa shape index (κ3) is 8.12. The van der Waals surface area contributed by atoms with Crippen LogP contribution >= 0.6 is 0 Å². The first kappa shape index (κ1) is 26.2. The first-order valence-electron chi connectivity index (χ1n) is 12.1. The van der Waals surface area contributed by atoms with E-state index >= 15 is 0 Å². The molecule has 2 atom stereocenters. The van der Waals surface area contributed by atoms with Gasteiger partial charge >= 0.3 is 12.1 Å². The van der Waals surface area contributed by atoms with E-state index in [2.05, 4.69) is 44.2 Å². The minimum absolute atomic E-state index is 0.232. The molecule has 0 radical (unpaired) electrons. The molecule has 1 fully saturated rings. The second-order valence-corrected chi connectivity index (χ2v) is 9.61. The lowest BCUT2D eigenvalue weighted by atomic mass is 9.71. The van der Waals surface area contributed by atoms with Crippen molar-refractivity contribution in [2.24, 2.45) is 11.3 Å². The number of hydrogen-bond donors (Lipinski definition) is 1. The summed E-state index contributed by atoms with van der Waals surface area (Å²) < 4.78 is 10.8. The third-order valence-electron chi connectivity index (χ3n) is 6.61. The summed E-state index contributed by atoms with van der Waals surface area (Å²) in [5, 5.41) is 2.85. The van der Waals surface area contributed by atoms with Gasteiger partial charge in [0.05, 0.1) is 13.0 Å². The second kappa shape index (κ2) is 12.8. The molecule has 180 valence electrons. The van der Waals surface area contributed by atoms with Gasteiger partial charge in [-0.3, -0.25) is 4.79 Å². The first-order chi connectivity index (χ1) is 15.3.